The van der Waals surface area contributed by atoms with Crippen LogP contribution in [0.5, 0.6) is 5.88 Å². The minimum absolute atomic E-state index is 0.0372. The van der Waals surface area contributed by atoms with Crippen molar-refractivity contribution in [1.82, 2.24) is 34.5 Å². The van der Waals surface area contributed by atoms with Crippen molar-refractivity contribution in [2.75, 3.05) is 12.0 Å². The van der Waals surface area contributed by atoms with Crippen molar-refractivity contribution in [2.24, 2.45) is 0 Å². The van der Waals surface area contributed by atoms with Gasteiger partial charge in [-0.2, -0.15) is 18.2 Å². The zero-order valence-electron chi connectivity index (χ0n) is 25.9. The van der Waals surface area contributed by atoms with Gasteiger partial charge in [0.05, 0.1) is 19.4 Å². The number of imidazole rings is 1. The Labute approximate surface area is 268 Å². The van der Waals surface area contributed by atoms with Crippen molar-refractivity contribution in [1.29, 1.82) is 0 Å². The van der Waals surface area contributed by atoms with Gasteiger partial charge in [-0.25, -0.2) is 29.3 Å². The fourth-order valence-corrected chi connectivity index (χ4v) is 5.34. The molecule has 0 radical (unpaired) electrons. The van der Waals surface area contributed by atoms with E-state index >= 15 is 4.39 Å². The van der Waals surface area contributed by atoms with Crippen molar-refractivity contribution in [3.63, 3.8) is 0 Å². The standard InChI is InChI=1S/C33H32F4N8O2/c1-19(2)45-15-26(33(35,36)37)42-30(45)23-7-4-20(5-8-23)13-44(14-24-12-21(16-46)6-11-25(24)34)32-41-18-39-29(43-32)27-28(22-9-10-22)38-17-40-31(27)47-3/h4-8,11-12,15,17-19,22,46H,9-10,13-14,16H2,1-3H3. The number of hydrogen-bond donors (Lipinski definition) is 1. The van der Waals surface area contributed by atoms with Crippen LogP contribution < -0.4 is 9.64 Å². The number of methoxy groups -OCH3 is 1. The maximum atomic E-state index is 15.1. The Balaban J connectivity index is 1.37. The minimum Gasteiger partial charge on any atom is -0.480 e. The molecule has 3 heterocycles. The first-order valence-electron chi connectivity index (χ1n) is 15.0. The fraction of sp³-hybridized carbons (Fsp3) is 0.333. The molecule has 3 aromatic heterocycles. The van der Waals surface area contributed by atoms with Crippen LogP contribution >= 0.6 is 0 Å². The van der Waals surface area contributed by atoms with Crippen LogP contribution in [0, 0.1) is 5.82 Å². The topological polar surface area (TPSA) is 115 Å². The summed E-state index contributed by atoms with van der Waals surface area (Å²) in [4.78, 5) is 28.0. The fourth-order valence-electron chi connectivity index (χ4n) is 5.34. The summed E-state index contributed by atoms with van der Waals surface area (Å²) in [6, 6.07) is 11.1. The Morgan fingerprint density at radius 1 is 0.957 bits per heavy atom. The maximum Gasteiger partial charge on any atom is 0.434 e. The third-order valence-corrected chi connectivity index (χ3v) is 7.88. The number of anilines is 1. The van der Waals surface area contributed by atoms with Crippen LogP contribution in [0.25, 0.3) is 22.8 Å². The molecular formula is C33H32F4N8O2. The highest BCUT2D eigenvalue weighted by Crippen LogP contribution is 2.45. The van der Waals surface area contributed by atoms with Gasteiger partial charge in [-0.1, -0.05) is 30.3 Å². The molecule has 1 aliphatic carbocycles. The highest BCUT2D eigenvalue weighted by atomic mass is 19.4. The summed E-state index contributed by atoms with van der Waals surface area (Å²) in [6.07, 6.45) is 1.20. The largest absolute Gasteiger partial charge is 0.480 e. The number of ether oxygens (including phenoxy) is 1. The Bertz CT molecular complexity index is 1870. The molecule has 0 atom stereocenters. The first kappa shape index (κ1) is 32.0. The summed E-state index contributed by atoms with van der Waals surface area (Å²) >= 11 is 0. The lowest BCUT2D eigenvalue weighted by Crippen LogP contribution is -2.25. The van der Waals surface area contributed by atoms with Crippen LogP contribution in [0.1, 0.15) is 66.7 Å². The number of hydrogen-bond acceptors (Lipinski definition) is 9. The molecule has 0 amide bonds. The highest BCUT2D eigenvalue weighted by molar-refractivity contribution is 5.66. The van der Waals surface area contributed by atoms with Gasteiger partial charge in [0.25, 0.3) is 0 Å². The molecule has 244 valence electrons. The lowest BCUT2D eigenvalue weighted by molar-refractivity contribution is -0.140. The van der Waals surface area contributed by atoms with Crippen LogP contribution in [0.15, 0.2) is 61.3 Å². The number of aromatic nitrogens is 7. The minimum atomic E-state index is -4.57. The van der Waals surface area contributed by atoms with E-state index in [1.54, 1.807) is 49.1 Å². The molecular weight excluding hydrogens is 616 g/mol. The van der Waals surface area contributed by atoms with Gasteiger partial charge in [0.15, 0.2) is 11.5 Å². The highest BCUT2D eigenvalue weighted by Gasteiger charge is 2.35. The zero-order valence-corrected chi connectivity index (χ0v) is 25.9. The second kappa shape index (κ2) is 13.0. The van der Waals surface area contributed by atoms with Crippen LogP contribution in [0.4, 0.5) is 23.5 Å². The Morgan fingerprint density at radius 3 is 2.34 bits per heavy atom. The monoisotopic (exact) mass is 648 g/mol. The van der Waals surface area contributed by atoms with Crippen LogP contribution in [0.3, 0.4) is 0 Å². The van der Waals surface area contributed by atoms with E-state index in [0.717, 1.165) is 30.3 Å². The SMILES string of the molecule is COc1ncnc(C2CC2)c1-c1ncnc(N(Cc2ccc(-c3nc(C(F)(F)F)cn3C(C)C)cc2)Cc2cc(CO)ccc2F)n1. The molecule has 47 heavy (non-hydrogen) atoms. The smallest absolute Gasteiger partial charge is 0.434 e. The number of rotatable bonds is 11. The molecule has 0 spiro atoms. The molecule has 0 aliphatic heterocycles. The molecule has 1 N–H and O–H groups in total. The second-order valence-corrected chi connectivity index (χ2v) is 11.6. The van der Waals surface area contributed by atoms with Crippen LogP contribution in [-0.4, -0.2) is 46.7 Å². The van der Waals surface area contributed by atoms with Crippen molar-refractivity contribution in [3.8, 4) is 28.7 Å². The quantitative estimate of drug-likeness (QED) is 0.160. The van der Waals surface area contributed by atoms with E-state index in [1.165, 1.54) is 36.5 Å². The van der Waals surface area contributed by atoms with Gasteiger partial charge in [-0.05, 0) is 49.9 Å². The van der Waals surface area contributed by atoms with Gasteiger partial charge in [0.2, 0.25) is 11.8 Å². The van der Waals surface area contributed by atoms with Crippen molar-refractivity contribution in [3.05, 3.63) is 95.2 Å². The molecule has 1 aliphatic rings. The third kappa shape index (κ3) is 6.92. The Kier molecular flexibility index (Phi) is 8.86. The average Bonchev–Trinajstić information content (AvgIpc) is 3.81. The van der Waals surface area contributed by atoms with E-state index in [1.807, 2.05) is 0 Å². The third-order valence-electron chi connectivity index (χ3n) is 7.88. The number of aliphatic hydroxyl groups excluding tert-OH is 1. The van der Waals surface area contributed by atoms with Gasteiger partial charge in [-0.15, -0.1) is 0 Å². The van der Waals surface area contributed by atoms with Gasteiger partial charge in [0, 0.05) is 42.4 Å². The Morgan fingerprint density at radius 2 is 1.68 bits per heavy atom. The Hall–Kier alpha value is -4.98. The molecule has 0 bridgehead atoms. The predicted octanol–water partition coefficient (Wildman–Crippen LogP) is 6.52. The lowest BCUT2D eigenvalue weighted by atomic mass is 10.1. The maximum absolute atomic E-state index is 15.1. The zero-order chi connectivity index (χ0) is 33.3. The first-order chi connectivity index (χ1) is 22.5. The lowest BCUT2D eigenvalue weighted by Gasteiger charge is -2.24. The number of benzene rings is 2. The summed E-state index contributed by atoms with van der Waals surface area (Å²) < 4.78 is 62.5. The predicted molar refractivity (Wildman–Crippen MR) is 165 cm³/mol. The van der Waals surface area contributed by atoms with Crippen molar-refractivity contribution in [2.45, 2.75) is 64.5 Å². The van der Waals surface area contributed by atoms with E-state index < -0.39 is 17.7 Å². The normalized spacial score (nSPS) is 13.3. The molecule has 1 saturated carbocycles. The molecule has 10 nitrogen and oxygen atoms in total. The summed E-state index contributed by atoms with van der Waals surface area (Å²) in [5.74, 6) is 0.853. The number of halogens is 4. The van der Waals surface area contributed by atoms with Crippen LogP contribution in [0.2, 0.25) is 0 Å². The molecule has 0 saturated heterocycles. The summed E-state index contributed by atoms with van der Waals surface area (Å²) in [7, 11) is 1.51. The van der Waals surface area contributed by atoms with Crippen molar-refractivity contribution < 1.29 is 27.4 Å². The summed E-state index contributed by atoms with van der Waals surface area (Å²) in [6.45, 7) is 3.56. The second-order valence-electron chi connectivity index (χ2n) is 11.6. The molecule has 14 heteroatoms. The van der Waals surface area contributed by atoms with Gasteiger partial charge in [-0.3, -0.25) is 0 Å². The van der Waals surface area contributed by atoms with Crippen molar-refractivity contribution >= 4 is 5.95 Å². The summed E-state index contributed by atoms with van der Waals surface area (Å²) in [5, 5.41) is 9.68. The molecule has 2 aromatic carbocycles. The molecule has 6 rings (SSSR count). The van der Waals surface area contributed by atoms with E-state index in [-0.39, 0.29) is 43.4 Å². The number of nitrogens with zero attached hydrogens (tertiary/aromatic N) is 8. The molecule has 1 fully saturated rings. The number of aliphatic hydroxyl groups is 1. The van der Waals surface area contributed by atoms with Gasteiger partial charge in [0.1, 0.15) is 29.9 Å². The van der Waals surface area contributed by atoms with Gasteiger partial charge >= 0.3 is 6.18 Å². The van der Waals surface area contributed by atoms with E-state index in [4.69, 9.17) is 9.72 Å². The van der Waals surface area contributed by atoms with Gasteiger partial charge < -0.3 is 19.3 Å². The van der Waals surface area contributed by atoms with E-state index in [9.17, 15) is 18.3 Å². The van der Waals surface area contributed by atoms with E-state index in [2.05, 4.69) is 24.9 Å². The van der Waals surface area contributed by atoms with E-state index in [0.29, 0.717) is 34.0 Å². The first-order valence-corrected chi connectivity index (χ1v) is 15.0. The number of alkyl halides is 3. The molecule has 0 unspecified atom stereocenters. The summed E-state index contributed by atoms with van der Waals surface area (Å²) in [5.41, 5.74) is 2.52. The molecule has 5 aromatic rings. The average molecular weight is 649 g/mol. The van der Waals surface area contributed by atoms with Crippen LogP contribution in [-0.2, 0) is 25.9 Å².